The fourth-order valence-electron chi connectivity index (χ4n) is 1.81. The highest BCUT2D eigenvalue weighted by Crippen LogP contribution is 2.19. The minimum Gasteiger partial charge on any atom is -0.383 e. The summed E-state index contributed by atoms with van der Waals surface area (Å²) in [7, 11) is 1.81. The van der Waals surface area contributed by atoms with Crippen molar-refractivity contribution in [2.24, 2.45) is 0 Å². The van der Waals surface area contributed by atoms with Crippen LogP contribution in [0.3, 0.4) is 0 Å². The largest absolute Gasteiger partial charge is 0.383 e. The van der Waals surface area contributed by atoms with E-state index in [1.807, 2.05) is 0 Å². The number of amides is 1. The third-order valence-electron chi connectivity index (χ3n) is 2.93. The number of pyridine rings is 1. The van der Waals surface area contributed by atoms with Gasteiger partial charge in [0.15, 0.2) is 0 Å². The molecule has 1 aromatic rings. The summed E-state index contributed by atoms with van der Waals surface area (Å²) in [6, 6.07) is 1.95. The van der Waals surface area contributed by atoms with Crippen molar-refractivity contribution in [3.05, 3.63) is 22.3 Å². The number of nitrogen functional groups attached to an aromatic ring is 1. The first-order valence-corrected chi connectivity index (χ1v) is 6.48. The lowest BCUT2D eigenvalue weighted by Gasteiger charge is -2.26. The number of hydrogen-bond acceptors (Lipinski definition) is 3. The van der Waals surface area contributed by atoms with E-state index in [9.17, 15) is 4.79 Å². The van der Waals surface area contributed by atoms with Crippen LogP contribution in [0, 0.1) is 0 Å². The second-order valence-corrected chi connectivity index (χ2v) is 4.89. The van der Waals surface area contributed by atoms with Crippen molar-refractivity contribution in [1.29, 1.82) is 0 Å². The zero-order valence-electron chi connectivity index (χ0n) is 10.4. The van der Waals surface area contributed by atoms with E-state index in [0.717, 1.165) is 17.3 Å². The van der Waals surface area contributed by atoms with Gasteiger partial charge in [0.25, 0.3) is 5.91 Å². The first-order valence-electron chi connectivity index (χ1n) is 5.69. The van der Waals surface area contributed by atoms with Gasteiger partial charge in [-0.1, -0.05) is 13.8 Å². The molecule has 2 N–H and O–H groups in total. The van der Waals surface area contributed by atoms with E-state index in [2.05, 4.69) is 34.8 Å². The topological polar surface area (TPSA) is 59.2 Å². The Morgan fingerprint density at radius 1 is 1.53 bits per heavy atom. The summed E-state index contributed by atoms with van der Waals surface area (Å²) in [5.74, 6) is 0.195. The standard InChI is InChI=1S/C12H18BrN3O/c1-4-9(5-2)16(3)12(17)10-6-8(13)7-15-11(10)14/h6-7,9H,4-5H2,1-3H3,(H2,14,15). The normalized spacial score (nSPS) is 10.6. The second kappa shape index (κ2) is 6.00. The third-order valence-corrected chi connectivity index (χ3v) is 3.36. The van der Waals surface area contributed by atoms with E-state index in [1.165, 1.54) is 0 Å². The molecule has 0 bridgehead atoms. The smallest absolute Gasteiger partial charge is 0.257 e. The van der Waals surface area contributed by atoms with Gasteiger partial charge < -0.3 is 10.6 Å². The highest BCUT2D eigenvalue weighted by molar-refractivity contribution is 9.10. The lowest BCUT2D eigenvalue weighted by atomic mass is 10.1. The minimum absolute atomic E-state index is 0.0787. The zero-order chi connectivity index (χ0) is 13.0. The molecule has 1 heterocycles. The fraction of sp³-hybridized carbons (Fsp3) is 0.500. The van der Waals surface area contributed by atoms with Crippen LogP contribution in [0.15, 0.2) is 16.7 Å². The van der Waals surface area contributed by atoms with Crippen molar-refractivity contribution < 1.29 is 4.79 Å². The average molecular weight is 300 g/mol. The number of nitrogens with two attached hydrogens (primary N) is 1. The van der Waals surface area contributed by atoms with E-state index >= 15 is 0 Å². The highest BCUT2D eigenvalue weighted by Gasteiger charge is 2.20. The van der Waals surface area contributed by atoms with Crippen LogP contribution >= 0.6 is 15.9 Å². The quantitative estimate of drug-likeness (QED) is 0.930. The molecule has 1 amide bonds. The molecule has 0 aliphatic heterocycles. The average Bonchev–Trinajstić information content (AvgIpc) is 2.32. The molecule has 17 heavy (non-hydrogen) atoms. The van der Waals surface area contributed by atoms with Crippen molar-refractivity contribution in [2.45, 2.75) is 32.7 Å². The minimum atomic E-state index is -0.0787. The molecule has 0 saturated heterocycles. The molecule has 0 saturated carbocycles. The SMILES string of the molecule is CCC(CC)N(C)C(=O)c1cc(Br)cnc1N. The van der Waals surface area contributed by atoms with Gasteiger partial charge in [-0.2, -0.15) is 0 Å². The molecule has 0 atom stereocenters. The van der Waals surface area contributed by atoms with E-state index < -0.39 is 0 Å². The van der Waals surface area contributed by atoms with Crippen molar-refractivity contribution in [3.8, 4) is 0 Å². The second-order valence-electron chi connectivity index (χ2n) is 3.97. The van der Waals surface area contributed by atoms with Crippen LogP contribution in [-0.4, -0.2) is 28.9 Å². The fourth-order valence-corrected chi connectivity index (χ4v) is 2.14. The molecule has 0 aromatic carbocycles. The Morgan fingerprint density at radius 3 is 2.65 bits per heavy atom. The summed E-state index contributed by atoms with van der Waals surface area (Å²) in [5, 5.41) is 0. The van der Waals surface area contributed by atoms with Gasteiger partial charge in [-0.05, 0) is 34.8 Å². The van der Waals surface area contributed by atoms with Crippen molar-refractivity contribution in [3.63, 3.8) is 0 Å². The molecule has 1 rings (SSSR count). The number of halogens is 1. The molecule has 0 aliphatic rings. The van der Waals surface area contributed by atoms with E-state index in [1.54, 1.807) is 24.2 Å². The lowest BCUT2D eigenvalue weighted by molar-refractivity contribution is 0.0724. The van der Waals surface area contributed by atoms with Gasteiger partial charge in [-0.3, -0.25) is 4.79 Å². The van der Waals surface area contributed by atoms with E-state index in [0.29, 0.717) is 5.56 Å². The Bertz CT molecular complexity index is 405. The molecule has 0 spiro atoms. The van der Waals surface area contributed by atoms with Gasteiger partial charge >= 0.3 is 0 Å². The first-order chi connectivity index (χ1) is 8.01. The van der Waals surface area contributed by atoms with Crippen molar-refractivity contribution in [1.82, 2.24) is 9.88 Å². The Morgan fingerprint density at radius 2 is 2.12 bits per heavy atom. The number of carbonyl (C=O) groups is 1. The Hall–Kier alpha value is -1.10. The molecule has 94 valence electrons. The molecular weight excluding hydrogens is 282 g/mol. The van der Waals surface area contributed by atoms with Crippen LogP contribution in [0.2, 0.25) is 0 Å². The molecule has 4 nitrogen and oxygen atoms in total. The lowest BCUT2D eigenvalue weighted by Crippen LogP contribution is -2.36. The first kappa shape index (κ1) is 14.0. The Labute approximate surface area is 110 Å². The molecule has 0 radical (unpaired) electrons. The van der Waals surface area contributed by atoms with Gasteiger partial charge in [0.05, 0.1) is 5.56 Å². The molecule has 0 fully saturated rings. The predicted molar refractivity (Wildman–Crippen MR) is 72.8 cm³/mol. The summed E-state index contributed by atoms with van der Waals surface area (Å²) < 4.78 is 0.757. The summed E-state index contributed by atoms with van der Waals surface area (Å²) in [4.78, 5) is 18.0. The van der Waals surface area contributed by atoms with Crippen molar-refractivity contribution >= 4 is 27.7 Å². The number of carbonyl (C=O) groups excluding carboxylic acids is 1. The number of rotatable bonds is 4. The van der Waals surface area contributed by atoms with Gasteiger partial charge in [0.1, 0.15) is 5.82 Å². The molecule has 1 aromatic heterocycles. The predicted octanol–water partition coefficient (Wildman–Crippen LogP) is 2.69. The van der Waals surface area contributed by atoms with Crippen LogP contribution in [0.5, 0.6) is 0 Å². The molecule has 5 heteroatoms. The Balaban J connectivity index is 2.99. The molecule has 0 aliphatic carbocycles. The Kier molecular flexibility index (Phi) is 4.93. The summed E-state index contributed by atoms with van der Waals surface area (Å²) in [5.41, 5.74) is 6.18. The van der Waals surface area contributed by atoms with Gasteiger partial charge in [-0.15, -0.1) is 0 Å². The maximum Gasteiger partial charge on any atom is 0.257 e. The monoisotopic (exact) mass is 299 g/mol. The summed E-state index contributed by atoms with van der Waals surface area (Å²) in [6.07, 6.45) is 3.45. The molecule has 0 unspecified atom stereocenters. The van der Waals surface area contributed by atoms with Gasteiger partial charge in [0.2, 0.25) is 0 Å². The number of nitrogens with zero attached hydrogens (tertiary/aromatic N) is 2. The van der Waals surface area contributed by atoms with E-state index in [-0.39, 0.29) is 17.8 Å². The van der Waals surface area contributed by atoms with Crippen LogP contribution in [0.25, 0.3) is 0 Å². The maximum absolute atomic E-state index is 12.3. The third kappa shape index (κ3) is 3.19. The van der Waals surface area contributed by atoms with Gasteiger partial charge in [-0.25, -0.2) is 4.98 Å². The van der Waals surface area contributed by atoms with Crippen molar-refractivity contribution in [2.75, 3.05) is 12.8 Å². The molecular formula is C12H18BrN3O. The summed E-state index contributed by atoms with van der Waals surface area (Å²) in [6.45, 7) is 4.14. The number of aromatic nitrogens is 1. The number of hydrogen-bond donors (Lipinski definition) is 1. The zero-order valence-corrected chi connectivity index (χ0v) is 12.0. The van der Waals surface area contributed by atoms with Gasteiger partial charge in [0, 0.05) is 23.8 Å². The van der Waals surface area contributed by atoms with Crippen LogP contribution < -0.4 is 5.73 Å². The maximum atomic E-state index is 12.3. The van der Waals surface area contributed by atoms with Crippen LogP contribution in [0.1, 0.15) is 37.0 Å². The number of anilines is 1. The summed E-state index contributed by atoms with van der Waals surface area (Å²) >= 11 is 3.30. The highest BCUT2D eigenvalue weighted by atomic mass is 79.9. The van der Waals surface area contributed by atoms with Crippen LogP contribution in [0.4, 0.5) is 5.82 Å². The van der Waals surface area contributed by atoms with Crippen LogP contribution in [-0.2, 0) is 0 Å². The van der Waals surface area contributed by atoms with E-state index in [4.69, 9.17) is 5.73 Å².